The van der Waals surface area contributed by atoms with Gasteiger partial charge in [0.15, 0.2) is 11.4 Å². The summed E-state index contributed by atoms with van der Waals surface area (Å²) in [7, 11) is 0. The molecular weight excluding hydrogens is 190 g/mol. The number of ketones is 1. The molecule has 0 fully saturated rings. The van der Waals surface area contributed by atoms with Gasteiger partial charge in [-0.05, 0) is 12.1 Å². The van der Waals surface area contributed by atoms with Gasteiger partial charge in [0.25, 0.3) is 0 Å². The van der Waals surface area contributed by atoms with Crippen molar-refractivity contribution in [3.05, 3.63) is 29.2 Å². The molecule has 66 valence electrons. The smallest absolute Gasteiger partial charge is 0.217 e. The van der Waals surface area contributed by atoms with Gasteiger partial charge in [-0.1, -0.05) is 11.6 Å². The highest BCUT2D eigenvalue weighted by Gasteiger charge is 2.07. The largest absolute Gasteiger partial charge is 0.291 e. The Morgan fingerprint density at radius 3 is 3.00 bits per heavy atom. The zero-order valence-corrected chi connectivity index (χ0v) is 7.62. The van der Waals surface area contributed by atoms with E-state index in [1.807, 2.05) is 0 Å². The van der Waals surface area contributed by atoms with Crippen LogP contribution in [0.2, 0.25) is 5.02 Å². The van der Waals surface area contributed by atoms with E-state index in [2.05, 4.69) is 10.1 Å². The molecule has 0 aliphatic rings. The molecule has 0 amide bonds. The van der Waals surface area contributed by atoms with E-state index in [0.717, 1.165) is 0 Å². The molecule has 5 heteroatoms. The average molecular weight is 196 g/mol. The molecule has 0 aliphatic carbocycles. The van der Waals surface area contributed by atoms with Crippen LogP contribution in [0.1, 0.15) is 17.5 Å². The fraction of sp³-hybridized carbons (Fsp3) is 0.125. The highest BCUT2D eigenvalue weighted by atomic mass is 35.5. The van der Waals surface area contributed by atoms with Crippen LogP contribution in [0, 0.1) is 0 Å². The van der Waals surface area contributed by atoms with E-state index in [-0.39, 0.29) is 11.6 Å². The number of carbonyl (C=O) groups excluding carboxylic acids is 1. The lowest BCUT2D eigenvalue weighted by Crippen LogP contribution is -1.95. The van der Waals surface area contributed by atoms with Crippen LogP contribution in [0.5, 0.6) is 0 Å². The predicted octanol–water partition coefficient (Wildman–Crippen LogP) is 1.59. The van der Waals surface area contributed by atoms with E-state index in [1.165, 1.54) is 11.4 Å². The third-order valence-electron chi connectivity index (χ3n) is 1.61. The second-order valence-electron chi connectivity index (χ2n) is 2.64. The molecule has 0 spiro atoms. The number of pyridine rings is 1. The third kappa shape index (κ3) is 1.40. The Morgan fingerprint density at radius 2 is 2.31 bits per heavy atom. The van der Waals surface area contributed by atoms with Crippen LogP contribution in [0.4, 0.5) is 0 Å². The van der Waals surface area contributed by atoms with Gasteiger partial charge in [-0.3, -0.25) is 4.79 Å². The maximum atomic E-state index is 10.9. The summed E-state index contributed by atoms with van der Waals surface area (Å²) in [6.07, 6.45) is 1.61. The monoisotopic (exact) mass is 195 g/mol. The number of halogens is 1. The van der Waals surface area contributed by atoms with E-state index >= 15 is 0 Å². The van der Waals surface area contributed by atoms with E-state index < -0.39 is 0 Å². The van der Waals surface area contributed by atoms with Crippen molar-refractivity contribution in [1.82, 2.24) is 14.6 Å². The Hall–Kier alpha value is -1.42. The fourth-order valence-electron chi connectivity index (χ4n) is 1.01. The first-order chi connectivity index (χ1) is 6.16. The predicted molar refractivity (Wildman–Crippen MR) is 48.0 cm³/mol. The quantitative estimate of drug-likeness (QED) is 0.650. The summed E-state index contributed by atoms with van der Waals surface area (Å²) >= 11 is 5.73. The van der Waals surface area contributed by atoms with Crippen molar-refractivity contribution < 1.29 is 4.79 Å². The molecule has 0 aliphatic heterocycles. The SMILES string of the molecule is CC(=O)c1nc2ccc(Cl)cn2n1. The van der Waals surface area contributed by atoms with Gasteiger partial charge < -0.3 is 0 Å². The molecule has 2 aromatic rings. The molecule has 0 unspecified atom stereocenters. The molecule has 0 saturated carbocycles. The van der Waals surface area contributed by atoms with Gasteiger partial charge in [-0.15, -0.1) is 5.10 Å². The standard InChI is InChI=1S/C8H6ClN3O/c1-5(13)8-10-7-3-2-6(9)4-12(7)11-8/h2-4H,1H3. The number of hydrogen-bond acceptors (Lipinski definition) is 3. The van der Waals surface area contributed by atoms with Crippen LogP contribution in [-0.2, 0) is 0 Å². The lowest BCUT2D eigenvalue weighted by molar-refractivity contribution is 0.100. The lowest BCUT2D eigenvalue weighted by Gasteiger charge is -1.89. The first-order valence-electron chi connectivity index (χ1n) is 3.70. The number of carbonyl (C=O) groups is 1. The van der Waals surface area contributed by atoms with Crippen molar-refractivity contribution in [2.24, 2.45) is 0 Å². The zero-order chi connectivity index (χ0) is 9.42. The van der Waals surface area contributed by atoms with Gasteiger partial charge in [0.2, 0.25) is 5.82 Å². The van der Waals surface area contributed by atoms with Gasteiger partial charge in [0.1, 0.15) is 0 Å². The van der Waals surface area contributed by atoms with Crippen molar-refractivity contribution in [3.63, 3.8) is 0 Å². The number of Topliss-reactive ketones (excluding diaryl/α,β-unsaturated/α-hetero) is 1. The normalized spacial score (nSPS) is 10.6. The minimum Gasteiger partial charge on any atom is -0.291 e. The Kier molecular flexibility index (Phi) is 1.77. The maximum absolute atomic E-state index is 10.9. The highest BCUT2D eigenvalue weighted by molar-refractivity contribution is 6.30. The summed E-state index contributed by atoms with van der Waals surface area (Å²) in [5, 5.41) is 4.51. The van der Waals surface area contributed by atoms with Crippen LogP contribution in [-0.4, -0.2) is 20.4 Å². The summed E-state index contributed by atoms with van der Waals surface area (Å²) in [6, 6.07) is 3.41. The summed E-state index contributed by atoms with van der Waals surface area (Å²) < 4.78 is 1.49. The molecule has 0 N–H and O–H groups in total. The first-order valence-corrected chi connectivity index (χ1v) is 4.07. The first kappa shape index (κ1) is 8.19. The van der Waals surface area contributed by atoms with Crippen molar-refractivity contribution in [1.29, 1.82) is 0 Å². The summed E-state index contributed by atoms with van der Waals surface area (Å²) in [5.74, 6) is 0.0575. The minimum absolute atomic E-state index is 0.153. The average Bonchev–Trinajstić information content (AvgIpc) is 2.46. The van der Waals surface area contributed by atoms with Crippen molar-refractivity contribution in [2.75, 3.05) is 0 Å². The van der Waals surface area contributed by atoms with E-state index in [1.54, 1.807) is 18.3 Å². The maximum Gasteiger partial charge on any atom is 0.217 e. The topological polar surface area (TPSA) is 47.3 Å². The van der Waals surface area contributed by atoms with Gasteiger partial charge in [0.05, 0.1) is 5.02 Å². The highest BCUT2D eigenvalue weighted by Crippen LogP contribution is 2.09. The van der Waals surface area contributed by atoms with Crippen LogP contribution in [0.15, 0.2) is 18.3 Å². The second-order valence-corrected chi connectivity index (χ2v) is 3.08. The summed E-state index contributed by atoms with van der Waals surface area (Å²) in [6.45, 7) is 1.43. The molecule has 2 heterocycles. The minimum atomic E-state index is -0.153. The Bertz CT molecular complexity index is 477. The number of aromatic nitrogens is 3. The van der Waals surface area contributed by atoms with Crippen LogP contribution >= 0.6 is 11.6 Å². The van der Waals surface area contributed by atoms with E-state index in [0.29, 0.717) is 10.7 Å². The number of hydrogen-bond donors (Lipinski definition) is 0. The van der Waals surface area contributed by atoms with Crippen LogP contribution in [0.3, 0.4) is 0 Å². The Balaban J connectivity index is 2.68. The summed E-state index contributed by atoms with van der Waals surface area (Å²) in [4.78, 5) is 14.9. The molecule has 2 rings (SSSR count). The molecule has 4 nitrogen and oxygen atoms in total. The van der Waals surface area contributed by atoms with Gasteiger partial charge in [-0.25, -0.2) is 9.50 Å². The Labute approximate surface area is 79.2 Å². The molecule has 0 atom stereocenters. The molecule has 0 radical (unpaired) electrons. The van der Waals surface area contributed by atoms with Gasteiger partial charge in [0, 0.05) is 13.1 Å². The molecule has 2 aromatic heterocycles. The number of nitrogens with zero attached hydrogens (tertiary/aromatic N) is 3. The van der Waals surface area contributed by atoms with Crippen molar-refractivity contribution in [2.45, 2.75) is 6.92 Å². The van der Waals surface area contributed by atoms with E-state index in [4.69, 9.17) is 11.6 Å². The molecule has 0 bridgehead atoms. The van der Waals surface area contributed by atoms with Crippen LogP contribution < -0.4 is 0 Å². The Morgan fingerprint density at radius 1 is 1.54 bits per heavy atom. The number of rotatable bonds is 1. The van der Waals surface area contributed by atoms with E-state index in [9.17, 15) is 4.79 Å². The van der Waals surface area contributed by atoms with Crippen LogP contribution in [0.25, 0.3) is 5.65 Å². The summed E-state index contributed by atoms with van der Waals surface area (Å²) in [5.41, 5.74) is 0.620. The zero-order valence-electron chi connectivity index (χ0n) is 6.86. The van der Waals surface area contributed by atoms with Crippen molar-refractivity contribution in [3.8, 4) is 0 Å². The molecule has 13 heavy (non-hydrogen) atoms. The van der Waals surface area contributed by atoms with Gasteiger partial charge in [-0.2, -0.15) is 0 Å². The molecule has 0 aromatic carbocycles. The third-order valence-corrected chi connectivity index (χ3v) is 1.83. The van der Waals surface area contributed by atoms with Gasteiger partial charge >= 0.3 is 0 Å². The molecule has 0 saturated heterocycles. The number of fused-ring (bicyclic) bond motifs is 1. The lowest BCUT2D eigenvalue weighted by atomic mass is 10.4. The fourth-order valence-corrected chi connectivity index (χ4v) is 1.16. The van der Waals surface area contributed by atoms with Crippen molar-refractivity contribution >= 4 is 23.0 Å². The second kappa shape index (κ2) is 2.81. The molecular formula is C8H6ClN3O.